The Morgan fingerprint density at radius 1 is 1.13 bits per heavy atom. The number of nitrogens with one attached hydrogen (secondary N) is 1. The molecule has 0 bridgehead atoms. The molecular weight excluding hydrogens is 402 g/mol. The van der Waals surface area contributed by atoms with E-state index in [1.807, 2.05) is 14.0 Å². The number of benzene rings is 1. The molecule has 2 aliphatic rings. The predicted molar refractivity (Wildman–Crippen MR) is 117 cm³/mol. The summed E-state index contributed by atoms with van der Waals surface area (Å²) in [7, 11) is -1.61. The van der Waals surface area contributed by atoms with Crippen molar-refractivity contribution in [2.45, 2.75) is 56.4 Å². The van der Waals surface area contributed by atoms with Crippen molar-refractivity contribution >= 4 is 15.9 Å². The van der Waals surface area contributed by atoms with Gasteiger partial charge in [-0.1, -0.05) is 25.3 Å². The van der Waals surface area contributed by atoms with E-state index in [2.05, 4.69) is 10.2 Å². The average Bonchev–Trinajstić information content (AvgIpc) is 2.74. The maximum atomic E-state index is 13.0. The van der Waals surface area contributed by atoms with Crippen LogP contribution in [0.3, 0.4) is 0 Å². The van der Waals surface area contributed by atoms with Gasteiger partial charge in [0.05, 0.1) is 11.0 Å². The lowest BCUT2D eigenvalue weighted by molar-refractivity contribution is 0.0273. The fourth-order valence-electron chi connectivity index (χ4n) is 4.03. The molecule has 0 radical (unpaired) electrons. The van der Waals surface area contributed by atoms with E-state index >= 15 is 0 Å². The largest absolute Gasteiger partial charge is 0.378 e. The fourth-order valence-corrected chi connectivity index (χ4v) is 5.48. The molecule has 1 heterocycles. The van der Waals surface area contributed by atoms with Crippen LogP contribution in [0.25, 0.3) is 0 Å². The van der Waals surface area contributed by atoms with E-state index in [9.17, 15) is 13.2 Å². The predicted octanol–water partition coefficient (Wildman–Crippen LogP) is 2.40. The summed E-state index contributed by atoms with van der Waals surface area (Å²) in [4.78, 5) is 15.0. The van der Waals surface area contributed by atoms with Crippen molar-refractivity contribution in [3.8, 4) is 0 Å². The molecule has 1 saturated carbocycles. The standard InChI is InChI=1S/C22H35N3O4S/c1-18-9-10-20(30(27,28)25-14-12-24(2)13-15-25)17-21(18)22(26)23-11-6-16-29-19-7-4-3-5-8-19/h9-10,17,19H,3-8,11-16H2,1-2H3,(H,23,26). The normalized spacial score (nSPS) is 19.7. The van der Waals surface area contributed by atoms with Gasteiger partial charge in [0.1, 0.15) is 0 Å². The second kappa shape index (κ2) is 10.7. The van der Waals surface area contributed by atoms with Crippen molar-refractivity contribution < 1.29 is 17.9 Å². The number of sulfonamides is 1. The molecule has 1 saturated heterocycles. The minimum Gasteiger partial charge on any atom is -0.378 e. The third kappa shape index (κ3) is 6.03. The lowest BCUT2D eigenvalue weighted by atomic mass is 9.98. The smallest absolute Gasteiger partial charge is 0.251 e. The molecule has 1 aromatic rings. The Kier molecular flexibility index (Phi) is 8.27. The van der Waals surface area contributed by atoms with Gasteiger partial charge in [0, 0.05) is 44.9 Å². The molecule has 1 aliphatic heterocycles. The first-order chi connectivity index (χ1) is 14.4. The number of hydrogen-bond acceptors (Lipinski definition) is 5. The van der Waals surface area contributed by atoms with Crippen LogP contribution >= 0.6 is 0 Å². The summed E-state index contributed by atoms with van der Waals surface area (Å²) in [5.74, 6) is -0.236. The minimum absolute atomic E-state index is 0.184. The second-order valence-electron chi connectivity index (χ2n) is 8.42. The van der Waals surface area contributed by atoms with Crippen molar-refractivity contribution in [3.05, 3.63) is 29.3 Å². The summed E-state index contributed by atoms with van der Waals surface area (Å²) < 4.78 is 33.4. The summed E-state index contributed by atoms with van der Waals surface area (Å²) in [6, 6.07) is 4.82. The molecule has 8 heteroatoms. The first kappa shape index (κ1) is 23.2. The first-order valence-electron chi connectivity index (χ1n) is 11.1. The van der Waals surface area contributed by atoms with E-state index in [1.165, 1.54) is 29.6 Å². The molecule has 0 unspecified atom stereocenters. The van der Waals surface area contributed by atoms with Crippen LogP contribution in [0.4, 0.5) is 0 Å². The minimum atomic E-state index is -3.59. The van der Waals surface area contributed by atoms with Gasteiger partial charge in [-0.05, 0) is 50.9 Å². The Hall–Kier alpha value is -1.48. The van der Waals surface area contributed by atoms with Crippen LogP contribution in [0.5, 0.6) is 0 Å². The van der Waals surface area contributed by atoms with Gasteiger partial charge in [-0.3, -0.25) is 4.79 Å². The summed E-state index contributed by atoms with van der Waals surface area (Å²) in [5.41, 5.74) is 1.18. The quantitative estimate of drug-likeness (QED) is 0.632. The number of nitrogens with zero attached hydrogens (tertiary/aromatic N) is 2. The zero-order valence-corrected chi connectivity index (χ0v) is 19.0. The molecule has 0 spiro atoms. The Labute approximate surface area is 180 Å². The van der Waals surface area contributed by atoms with Crippen LogP contribution in [-0.2, 0) is 14.8 Å². The van der Waals surface area contributed by atoms with Crippen LogP contribution in [0.15, 0.2) is 23.1 Å². The zero-order chi connectivity index (χ0) is 21.6. The lowest BCUT2D eigenvalue weighted by Gasteiger charge is -2.31. The molecule has 168 valence electrons. The monoisotopic (exact) mass is 437 g/mol. The van der Waals surface area contributed by atoms with Crippen molar-refractivity contribution in [2.24, 2.45) is 0 Å². The first-order valence-corrected chi connectivity index (χ1v) is 12.5. The molecule has 1 aromatic carbocycles. The molecule has 1 aliphatic carbocycles. The highest BCUT2D eigenvalue weighted by molar-refractivity contribution is 7.89. The van der Waals surface area contributed by atoms with Gasteiger partial charge < -0.3 is 15.0 Å². The third-order valence-electron chi connectivity index (χ3n) is 6.07. The van der Waals surface area contributed by atoms with Crippen molar-refractivity contribution in [3.63, 3.8) is 0 Å². The zero-order valence-electron chi connectivity index (χ0n) is 18.2. The molecule has 0 atom stereocenters. The SMILES string of the molecule is Cc1ccc(S(=O)(=O)N2CCN(C)CC2)cc1C(=O)NCCCOC1CCCCC1. The number of ether oxygens (including phenoxy) is 1. The lowest BCUT2D eigenvalue weighted by Crippen LogP contribution is -2.47. The van der Waals surface area contributed by atoms with Gasteiger partial charge in [-0.25, -0.2) is 8.42 Å². The highest BCUT2D eigenvalue weighted by Crippen LogP contribution is 2.21. The molecule has 3 rings (SSSR count). The van der Waals surface area contributed by atoms with Crippen LogP contribution < -0.4 is 5.32 Å². The number of carbonyl (C=O) groups excluding carboxylic acids is 1. The number of piperazine rings is 1. The summed E-state index contributed by atoms with van der Waals surface area (Å²) in [5, 5.41) is 2.91. The van der Waals surface area contributed by atoms with Crippen LogP contribution in [0.2, 0.25) is 0 Å². The second-order valence-corrected chi connectivity index (χ2v) is 10.4. The Balaban J connectivity index is 1.54. The van der Waals surface area contributed by atoms with Crippen molar-refractivity contribution in [1.82, 2.24) is 14.5 Å². The molecule has 30 heavy (non-hydrogen) atoms. The third-order valence-corrected chi connectivity index (χ3v) is 7.96. The Morgan fingerprint density at radius 2 is 1.83 bits per heavy atom. The fraction of sp³-hybridized carbons (Fsp3) is 0.682. The molecule has 2 fully saturated rings. The van der Waals surface area contributed by atoms with Crippen LogP contribution in [-0.4, -0.2) is 76.0 Å². The highest BCUT2D eigenvalue weighted by Gasteiger charge is 2.28. The van der Waals surface area contributed by atoms with Gasteiger partial charge in [0.15, 0.2) is 0 Å². The van der Waals surface area contributed by atoms with E-state index in [1.54, 1.807) is 12.1 Å². The van der Waals surface area contributed by atoms with E-state index in [0.717, 1.165) is 24.8 Å². The van der Waals surface area contributed by atoms with E-state index < -0.39 is 10.0 Å². The summed E-state index contributed by atoms with van der Waals surface area (Å²) in [6.07, 6.45) is 7.19. The molecule has 1 amide bonds. The van der Waals surface area contributed by atoms with Gasteiger partial charge in [-0.15, -0.1) is 0 Å². The van der Waals surface area contributed by atoms with Crippen molar-refractivity contribution in [1.29, 1.82) is 0 Å². The van der Waals surface area contributed by atoms with E-state index in [4.69, 9.17) is 4.74 Å². The van der Waals surface area contributed by atoms with Gasteiger partial charge in [0.25, 0.3) is 5.91 Å². The molecule has 0 aromatic heterocycles. The molecular formula is C22H35N3O4S. The number of aryl methyl sites for hydroxylation is 1. The summed E-state index contributed by atoms with van der Waals surface area (Å²) in [6.45, 7) is 5.34. The topological polar surface area (TPSA) is 79.0 Å². The van der Waals surface area contributed by atoms with Gasteiger partial charge >= 0.3 is 0 Å². The van der Waals surface area contributed by atoms with Gasteiger partial charge in [-0.2, -0.15) is 4.31 Å². The number of carbonyl (C=O) groups is 1. The summed E-state index contributed by atoms with van der Waals surface area (Å²) >= 11 is 0. The van der Waals surface area contributed by atoms with Crippen LogP contribution in [0.1, 0.15) is 54.4 Å². The highest BCUT2D eigenvalue weighted by atomic mass is 32.2. The van der Waals surface area contributed by atoms with Crippen molar-refractivity contribution in [2.75, 3.05) is 46.4 Å². The maximum absolute atomic E-state index is 13.0. The molecule has 1 N–H and O–H groups in total. The molecule has 7 nitrogen and oxygen atoms in total. The van der Waals surface area contributed by atoms with Crippen LogP contribution in [0, 0.1) is 6.92 Å². The number of likely N-dealkylation sites (N-methyl/N-ethyl adjacent to an activating group) is 1. The Bertz CT molecular complexity index is 814. The maximum Gasteiger partial charge on any atom is 0.251 e. The van der Waals surface area contributed by atoms with E-state index in [-0.39, 0.29) is 10.8 Å². The van der Waals surface area contributed by atoms with Gasteiger partial charge in [0.2, 0.25) is 10.0 Å². The number of hydrogen-bond donors (Lipinski definition) is 1. The average molecular weight is 438 g/mol. The number of amides is 1. The Morgan fingerprint density at radius 3 is 2.53 bits per heavy atom. The number of rotatable bonds is 8. The van der Waals surface area contributed by atoms with E-state index in [0.29, 0.717) is 51.0 Å².